The van der Waals surface area contributed by atoms with Crippen LogP contribution in [-0.4, -0.2) is 28.0 Å². The summed E-state index contributed by atoms with van der Waals surface area (Å²) in [5.41, 5.74) is -0.184. The summed E-state index contributed by atoms with van der Waals surface area (Å²) in [6.07, 6.45) is 3.60. The third kappa shape index (κ3) is 3.67. The largest absolute Gasteiger partial charge is 0.370 e. The van der Waals surface area contributed by atoms with E-state index in [4.69, 9.17) is 4.74 Å². The van der Waals surface area contributed by atoms with Gasteiger partial charge < -0.3 is 9.30 Å². The van der Waals surface area contributed by atoms with Crippen molar-refractivity contribution in [3.8, 4) is 0 Å². The van der Waals surface area contributed by atoms with Crippen molar-refractivity contribution in [3.63, 3.8) is 0 Å². The molecule has 1 heterocycles. The highest BCUT2D eigenvalue weighted by molar-refractivity contribution is 5.85. The van der Waals surface area contributed by atoms with Crippen LogP contribution in [0.5, 0.6) is 0 Å². The van der Waals surface area contributed by atoms with Gasteiger partial charge in [0.05, 0.1) is 6.42 Å². The third-order valence-corrected chi connectivity index (χ3v) is 2.89. The molecule has 0 bridgehead atoms. The molecule has 1 rings (SSSR count). The second kappa shape index (κ2) is 6.14. The van der Waals surface area contributed by atoms with Gasteiger partial charge >= 0.3 is 0 Å². The number of nitrogens with zero attached hydrogens (tertiary/aromatic N) is 2. The van der Waals surface area contributed by atoms with E-state index >= 15 is 0 Å². The van der Waals surface area contributed by atoms with Crippen LogP contribution in [0.25, 0.3) is 0 Å². The van der Waals surface area contributed by atoms with Crippen LogP contribution < -0.4 is 0 Å². The molecule has 0 saturated heterocycles. The summed E-state index contributed by atoms with van der Waals surface area (Å²) in [5, 5.41) is 0. The average Bonchev–Trinajstić information content (AvgIpc) is 2.71. The number of hydrogen-bond acceptors (Lipinski definition) is 3. The number of aromatic nitrogens is 2. The number of ketones is 1. The molecule has 0 aliphatic heterocycles. The minimum atomic E-state index is -0.371. The summed E-state index contributed by atoms with van der Waals surface area (Å²) >= 11 is 0. The zero-order valence-corrected chi connectivity index (χ0v) is 12.1. The molecule has 1 atom stereocenters. The molecule has 0 fully saturated rings. The quantitative estimate of drug-likeness (QED) is 0.781. The van der Waals surface area contributed by atoms with Crippen LogP contribution in [-0.2, 0) is 22.5 Å². The Morgan fingerprint density at radius 2 is 2.11 bits per heavy atom. The Balaban J connectivity index is 2.79. The second-order valence-electron chi connectivity index (χ2n) is 5.47. The molecule has 18 heavy (non-hydrogen) atoms. The number of aryl methyl sites for hydroxylation is 1. The molecule has 0 aromatic carbocycles. The second-order valence-corrected chi connectivity index (χ2v) is 5.47. The third-order valence-electron chi connectivity index (χ3n) is 2.89. The number of rotatable bonds is 6. The predicted molar refractivity (Wildman–Crippen MR) is 71.5 cm³/mol. The van der Waals surface area contributed by atoms with E-state index < -0.39 is 0 Å². The van der Waals surface area contributed by atoms with E-state index in [0.717, 1.165) is 12.4 Å². The molecule has 102 valence electrons. The van der Waals surface area contributed by atoms with Crippen molar-refractivity contribution in [1.82, 2.24) is 9.55 Å². The summed E-state index contributed by atoms with van der Waals surface area (Å²) in [6.45, 7) is 11.4. The highest BCUT2D eigenvalue weighted by Crippen LogP contribution is 2.24. The first kappa shape index (κ1) is 14.9. The SMILES string of the molecule is CCOC(C(=O)Cc1nccn1CC)C(C)(C)C. The molecule has 0 amide bonds. The number of carbonyl (C=O) groups excluding carboxylic acids is 1. The van der Waals surface area contributed by atoms with Gasteiger partial charge in [-0.1, -0.05) is 20.8 Å². The minimum absolute atomic E-state index is 0.102. The molecule has 0 N–H and O–H groups in total. The minimum Gasteiger partial charge on any atom is -0.370 e. The smallest absolute Gasteiger partial charge is 0.169 e. The zero-order valence-electron chi connectivity index (χ0n) is 12.1. The van der Waals surface area contributed by atoms with Gasteiger partial charge in [0.2, 0.25) is 0 Å². The highest BCUT2D eigenvalue weighted by Gasteiger charge is 2.32. The van der Waals surface area contributed by atoms with Crippen molar-refractivity contribution in [2.75, 3.05) is 6.61 Å². The Labute approximate surface area is 109 Å². The van der Waals surface area contributed by atoms with Crippen LogP contribution in [0.1, 0.15) is 40.4 Å². The average molecular weight is 252 g/mol. The number of imidazole rings is 1. The van der Waals surface area contributed by atoms with Crippen LogP contribution in [0, 0.1) is 5.41 Å². The highest BCUT2D eigenvalue weighted by atomic mass is 16.5. The van der Waals surface area contributed by atoms with Crippen molar-refractivity contribution >= 4 is 5.78 Å². The number of Topliss-reactive ketones (excluding diaryl/α,β-unsaturated/α-hetero) is 1. The normalized spacial score (nSPS) is 13.6. The predicted octanol–water partition coefficient (Wildman–Crippen LogP) is 2.47. The summed E-state index contributed by atoms with van der Waals surface area (Å²) < 4.78 is 7.59. The van der Waals surface area contributed by atoms with Gasteiger partial charge in [-0.25, -0.2) is 4.98 Å². The monoisotopic (exact) mass is 252 g/mol. The maximum Gasteiger partial charge on any atom is 0.169 e. The molecule has 4 nitrogen and oxygen atoms in total. The maximum absolute atomic E-state index is 12.3. The Morgan fingerprint density at radius 1 is 1.44 bits per heavy atom. The van der Waals surface area contributed by atoms with E-state index in [1.165, 1.54) is 0 Å². The van der Waals surface area contributed by atoms with Crippen LogP contribution in [0.3, 0.4) is 0 Å². The number of hydrogen-bond donors (Lipinski definition) is 0. The first-order valence-electron chi connectivity index (χ1n) is 6.54. The van der Waals surface area contributed by atoms with Gasteiger partial charge in [-0.2, -0.15) is 0 Å². The first-order chi connectivity index (χ1) is 8.40. The maximum atomic E-state index is 12.3. The van der Waals surface area contributed by atoms with E-state index in [1.54, 1.807) is 6.20 Å². The molecule has 1 aromatic rings. The lowest BCUT2D eigenvalue weighted by molar-refractivity contribution is -0.136. The fourth-order valence-electron chi connectivity index (χ4n) is 2.04. The number of carbonyl (C=O) groups is 1. The van der Waals surface area contributed by atoms with Crippen molar-refractivity contribution in [1.29, 1.82) is 0 Å². The van der Waals surface area contributed by atoms with Gasteiger partial charge in [0.25, 0.3) is 0 Å². The van der Waals surface area contributed by atoms with Crippen molar-refractivity contribution in [3.05, 3.63) is 18.2 Å². The van der Waals surface area contributed by atoms with E-state index in [2.05, 4.69) is 4.98 Å². The summed E-state index contributed by atoms with van der Waals surface area (Å²) in [5.74, 6) is 0.918. The van der Waals surface area contributed by atoms with Gasteiger partial charge in [-0.15, -0.1) is 0 Å². The van der Waals surface area contributed by atoms with Crippen molar-refractivity contribution < 1.29 is 9.53 Å². The molecule has 0 radical (unpaired) electrons. The molecule has 1 aromatic heterocycles. The lowest BCUT2D eigenvalue weighted by Crippen LogP contribution is -2.38. The molecule has 0 spiro atoms. The van der Waals surface area contributed by atoms with Crippen LogP contribution in [0.2, 0.25) is 0 Å². The summed E-state index contributed by atoms with van der Waals surface area (Å²) in [4.78, 5) is 16.6. The zero-order chi connectivity index (χ0) is 13.8. The van der Waals surface area contributed by atoms with E-state index in [-0.39, 0.29) is 17.3 Å². The van der Waals surface area contributed by atoms with Crippen molar-refractivity contribution in [2.24, 2.45) is 5.41 Å². The standard InChI is InChI=1S/C14H24N2O2/c1-6-16-9-8-15-12(16)10-11(17)13(18-7-2)14(3,4)5/h8-9,13H,6-7,10H2,1-5H3. The molecular formula is C14H24N2O2. The Hall–Kier alpha value is -1.16. The van der Waals surface area contributed by atoms with Gasteiger partial charge in [-0.3, -0.25) is 4.79 Å². The van der Waals surface area contributed by atoms with Crippen molar-refractivity contribution in [2.45, 2.75) is 53.7 Å². The van der Waals surface area contributed by atoms with Crippen LogP contribution in [0.4, 0.5) is 0 Å². The van der Waals surface area contributed by atoms with E-state index in [1.807, 2.05) is 45.4 Å². The molecular weight excluding hydrogens is 228 g/mol. The summed E-state index contributed by atoms with van der Waals surface area (Å²) in [6, 6.07) is 0. The molecule has 4 heteroatoms. The topological polar surface area (TPSA) is 44.1 Å². The Morgan fingerprint density at radius 3 is 2.61 bits per heavy atom. The van der Waals surface area contributed by atoms with Crippen LogP contribution in [0.15, 0.2) is 12.4 Å². The lowest BCUT2D eigenvalue weighted by atomic mass is 9.85. The fraction of sp³-hybridized carbons (Fsp3) is 0.714. The molecule has 0 saturated carbocycles. The first-order valence-corrected chi connectivity index (χ1v) is 6.54. The summed E-state index contributed by atoms with van der Waals surface area (Å²) in [7, 11) is 0. The molecule has 0 aliphatic carbocycles. The molecule has 0 aliphatic rings. The number of ether oxygens (including phenoxy) is 1. The van der Waals surface area contributed by atoms with Gasteiger partial charge in [-0.05, 0) is 19.3 Å². The van der Waals surface area contributed by atoms with Gasteiger partial charge in [0.1, 0.15) is 11.9 Å². The molecule has 1 unspecified atom stereocenters. The van der Waals surface area contributed by atoms with Crippen LogP contribution >= 0.6 is 0 Å². The van der Waals surface area contributed by atoms with Gasteiger partial charge in [0.15, 0.2) is 5.78 Å². The van der Waals surface area contributed by atoms with Gasteiger partial charge in [0, 0.05) is 25.5 Å². The Kier molecular flexibility index (Phi) is 5.08. The fourth-order valence-corrected chi connectivity index (χ4v) is 2.04. The Bertz CT molecular complexity index is 391. The van der Waals surface area contributed by atoms with E-state index in [0.29, 0.717) is 13.0 Å². The lowest BCUT2D eigenvalue weighted by Gasteiger charge is -2.29. The van der Waals surface area contributed by atoms with E-state index in [9.17, 15) is 4.79 Å².